The number of carbonyl (C=O) groups excluding carboxylic acids is 1. The monoisotopic (exact) mass is 340 g/mol. The van der Waals surface area contributed by atoms with E-state index in [1.807, 2.05) is 30.3 Å². The minimum atomic E-state index is -0.949. The summed E-state index contributed by atoms with van der Waals surface area (Å²) >= 11 is 0. The second-order valence-corrected chi connectivity index (χ2v) is 6.02. The Balaban J connectivity index is 1.88. The van der Waals surface area contributed by atoms with Crippen LogP contribution in [0.1, 0.15) is 16.2 Å². The lowest BCUT2D eigenvalue weighted by atomic mass is 10.0. The second-order valence-electron chi connectivity index (χ2n) is 6.02. The molecule has 6 nitrogen and oxygen atoms in total. The van der Waals surface area contributed by atoms with E-state index < -0.39 is 6.10 Å². The third-order valence-corrected chi connectivity index (χ3v) is 3.98. The van der Waals surface area contributed by atoms with Gasteiger partial charge in [-0.3, -0.25) is 4.79 Å². The molecule has 1 atom stereocenters. The highest BCUT2D eigenvalue weighted by molar-refractivity contribution is 5.95. The van der Waals surface area contributed by atoms with Crippen molar-refractivity contribution in [1.82, 2.24) is 9.88 Å². The molecule has 3 aromatic rings. The average molecular weight is 340 g/mol. The van der Waals surface area contributed by atoms with E-state index in [4.69, 9.17) is 9.52 Å². The Kier molecular flexibility index (Phi) is 4.83. The Hall–Kier alpha value is -2.70. The summed E-state index contributed by atoms with van der Waals surface area (Å²) in [5, 5.41) is 18.4. The van der Waals surface area contributed by atoms with E-state index in [2.05, 4.69) is 4.98 Å². The normalized spacial score (nSPS) is 12.3. The predicted molar refractivity (Wildman–Crippen MR) is 94.2 cm³/mol. The third-order valence-electron chi connectivity index (χ3n) is 3.98. The molecule has 0 aliphatic carbocycles. The first-order valence-electron chi connectivity index (χ1n) is 8.00. The molecular formula is C19H20N2O4. The largest absolute Gasteiger partial charge is 0.441 e. The van der Waals surface area contributed by atoms with E-state index in [9.17, 15) is 9.90 Å². The maximum absolute atomic E-state index is 12.5. The van der Waals surface area contributed by atoms with Crippen LogP contribution in [-0.4, -0.2) is 52.3 Å². The number of aliphatic hydroxyl groups excluding tert-OH is 2. The SMILES string of the molecule is Cc1nc2cc(-c3cccc(C(=O)N(C)C[C@@H](O)CO)c3)ccc2o1. The molecule has 1 heterocycles. The van der Waals surface area contributed by atoms with Crippen LogP contribution in [0, 0.1) is 6.92 Å². The molecule has 130 valence electrons. The van der Waals surface area contributed by atoms with E-state index in [0.29, 0.717) is 11.5 Å². The zero-order chi connectivity index (χ0) is 18.0. The smallest absolute Gasteiger partial charge is 0.253 e. The number of aromatic nitrogens is 1. The summed E-state index contributed by atoms with van der Waals surface area (Å²) in [6.45, 7) is 1.49. The summed E-state index contributed by atoms with van der Waals surface area (Å²) in [5.41, 5.74) is 3.85. The molecule has 0 bridgehead atoms. The first kappa shape index (κ1) is 17.1. The highest BCUT2D eigenvalue weighted by Gasteiger charge is 2.16. The molecule has 25 heavy (non-hydrogen) atoms. The van der Waals surface area contributed by atoms with Crippen LogP contribution in [0.4, 0.5) is 0 Å². The van der Waals surface area contributed by atoms with Gasteiger partial charge in [-0.05, 0) is 35.4 Å². The number of hydrogen-bond acceptors (Lipinski definition) is 5. The van der Waals surface area contributed by atoms with E-state index in [1.54, 1.807) is 26.1 Å². The van der Waals surface area contributed by atoms with Gasteiger partial charge in [0.15, 0.2) is 11.5 Å². The molecule has 0 unspecified atom stereocenters. The summed E-state index contributed by atoms with van der Waals surface area (Å²) in [5.74, 6) is 0.396. The maximum Gasteiger partial charge on any atom is 0.253 e. The Morgan fingerprint density at radius 3 is 2.76 bits per heavy atom. The van der Waals surface area contributed by atoms with Crippen molar-refractivity contribution < 1.29 is 19.4 Å². The quantitative estimate of drug-likeness (QED) is 0.744. The fraction of sp³-hybridized carbons (Fsp3) is 0.263. The Bertz CT molecular complexity index is 903. The van der Waals surface area contributed by atoms with Crippen LogP contribution in [0.25, 0.3) is 22.2 Å². The van der Waals surface area contributed by atoms with Crippen molar-refractivity contribution in [2.75, 3.05) is 20.2 Å². The van der Waals surface area contributed by atoms with Crippen molar-refractivity contribution in [3.8, 4) is 11.1 Å². The van der Waals surface area contributed by atoms with Crippen molar-refractivity contribution in [2.45, 2.75) is 13.0 Å². The Morgan fingerprint density at radius 1 is 1.24 bits per heavy atom. The molecule has 0 spiro atoms. The van der Waals surface area contributed by atoms with Gasteiger partial charge in [-0.1, -0.05) is 18.2 Å². The summed E-state index contributed by atoms with van der Waals surface area (Å²) in [4.78, 5) is 18.2. The van der Waals surface area contributed by atoms with Crippen molar-refractivity contribution >= 4 is 17.0 Å². The van der Waals surface area contributed by atoms with Crippen LogP contribution in [0.2, 0.25) is 0 Å². The fourth-order valence-electron chi connectivity index (χ4n) is 2.73. The van der Waals surface area contributed by atoms with Crippen LogP contribution in [0.3, 0.4) is 0 Å². The number of nitrogens with zero attached hydrogens (tertiary/aromatic N) is 2. The van der Waals surface area contributed by atoms with Gasteiger partial charge in [0.25, 0.3) is 5.91 Å². The van der Waals surface area contributed by atoms with Crippen molar-refractivity contribution in [1.29, 1.82) is 0 Å². The summed E-state index contributed by atoms with van der Waals surface area (Å²) in [6, 6.07) is 13.0. The lowest BCUT2D eigenvalue weighted by Crippen LogP contribution is -2.35. The summed E-state index contributed by atoms with van der Waals surface area (Å²) < 4.78 is 5.48. The second kappa shape index (κ2) is 7.04. The molecule has 0 aliphatic heterocycles. The molecular weight excluding hydrogens is 320 g/mol. The lowest BCUT2D eigenvalue weighted by Gasteiger charge is -2.20. The third kappa shape index (κ3) is 3.70. The number of aliphatic hydroxyl groups is 2. The molecule has 0 saturated heterocycles. The number of aryl methyl sites for hydroxylation is 1. The molecule has 1 amide bonds. The van der Waals surface area contributed by atoms with Gasteiger partial charge in [0, 0.05) is 26.1 Å². The summed E-state index contributed by atoms with van der Waals surface area (Å²) in [6.07, 6.45) is -0.949. The van der Waals surface area contributed by atoms with E-state index >= 15 is 0 Å². The van der Waals surface area contributed by atoms with Crippen molar-refractivity contribution in [3.63, 3.8) is 0 Å². The molecule has 6 heteroatoms. The minimum Gasteiger partial charge on any atom is -0.441 e. The molecule has 2 aromatic carbocycles. The number of fused-ring (bicyclic) bond motifs is 1. The number of amides is 1. The van der Waals surface area contributed by atoms with Crippen LogP contribution in [0.15, 0.2) is 46.9 Å². The van der Waals surface area contributed by atoms with Crippen LogP contribution in [0.5, 0.6) is 0 Å². The number of likely N-dealkylation sites (N-methyl/N-ethyl adjacent to an activating group) is 1. The van der Waals surface area contributed by atoms with E-state index in [0.717, 1.165) is 22.2 Å². The number of rotatable bonds is 5. The van der Waals surface area contributed by atoms with Gasteiger partial charge in [0.05, 0.1) is 12.7 Å². The van der Waals surface area contributed by atoms with Gasteiger partial charge in [-0.25, -0.2) is 4.98 Å². The highest BCUT2D eigenvalue weighted by Crippen LogP contribution is 2.25. The average Bonchev–Trinajstić information content (AvgIpc) is 3.00. The van der Waals surface area contributed by atoms with Gasteiger partial charge in [-0.15, -0.1) is 0 Å². The van der Waals surface area contributed by atoms with Crippen LogP contribution < -0.4 is 0 Å². The lowest BCUT2D eigenvalue weighted by molar-refractivity contribution is 0.0520. The number of benzene rings is 2. The molecule has 0 aliphatic rings. The molecule has 3 rings (SSSR count). The topological polar surface area (TPSA) is 86.8 Å². The molecule has 0 fully saturated rings. The van der Waals surface area contributed by atoms with E-state index in [-0.39, 0.29) is 19.1 Å². The highest BCUT2D eigenvalue weighted by atomic mass is 16.3. The van der Waals surface area contributed by atoms with Gasteiger partial charge >= 0.3 is 0 Å². The zero-order valence-electron chi connectivity index (χ0n) is 14.1. The fourth-order valence-corrected chi connectivity index (χ4v) is 2.73. The van der Waals surface area contributed by atoms with Gasteiger partial charge in [0.1, 0.15) is 5.52 Å². The number of carbonyl (C=O) groups is 1. The van der Waals surface area contributed by atoms with E-state index in [1.165, 1.54) is 4.90 Å². The van der Waals surface area contributed by atoms with Crippen molar-refractivity contribution in [3.05, 3.63) is 53.9 Å². The minimum absolute atomic E-state index is 0.0732. The van der Waals surface area contributed by atoms with Gasteiger partial charge in [-0.2, -0.15) is 0 Å². The number of hydrogen-bond donors (Lipinski definition) is 2. The Morgan fingerprint density at radius 2 is 2.00 bits per heavy atom. The molecule has 2 N–H and O–H groups in total. The number of oxazole rings is 1. The first-order valence-corrected chi connectivity index (χ1v) is 8.00. The molecule has 0 saturated carbocycles. The Labute approximate surface area is 145 Å². The van der Waals surface area contributed by atoms with Crippen LogP contribution >= 0.6 is 0 Å². The standard InChI is InChI=1S/C19H20N2O4/c1-12-20-17-9-14(6-7-18(17)25-12)13-4-3-5-15(8-13)19(24)21(2)10-16(23)11-22/h3-9,16,22-23H,10-11H2,1-2H3/t16-/m1/s1. The molecule has 0 radical (unpaired) electrons. The molecule has 1 aromatic heterocycles. The maximum atomic E-state index is 12.5. The summed E-state index contributed by atoms with van der Waals surface area (Å²) in [7, 11) is 1.60. The van der Waals surface area contributed by atoms with Crippen molar-refractivity contribution in [2.24, 2.45) is 0 Å². The van der Waals surface area contributed by atoms with Gasteiger partial charge < -0.3 is 19.5 Å². The predicted octanol–water partition coefficient (Wildman–Crippen LogP) is 2.23. The van der Waals surface area contributed by atoms with Crippen LogP contribution in [-0.2, 0) is 0 Å². The zero-order valence-corrected chi connectivity index (χ0v) is 14.1. The van der Waals surface area contributed by atoms with Gasteiger partial charge in [0.2, 0.25) is 0 Å². The first-order chi connectivity index (χ1) is 12.0.